The van der Waals surface area contributed by atoms with Gasteiger partial charge in [-0.2, -0.15) is 18.3 Å². The van der Waals surface area contributed by atoms with Gasteiger partial charge in [0, 0.05) is 34.5 Å². The minimum Gasteiger partial charge on any atom is -0.481 e. The number of carbonyl (C=O) groups is 7. The number of halogens is 4. The molecule has 292 valence electrons. The number of aliphatic carboxylic acids is 2. The number of carbonyl (C=O) groups excluding carboxylic acids is 5. The van der Waals surface area contributed by atoms with Crippen molar-refractivity contribution in [1.29, 1.82) is 0 Å². The minimum absolute atomic E-state index is 0.0114. The second kappa shape index (κ2) is 17.2. The molecule has 5 rings (SSSR count). The van der Waals surface area contributed by atoms with Crippen molar-refractivity contribution in [2.75, 3.05) is 18.9 Å². The predicted molar refractivity (Wildman–Crippen MR) is 185 cm³/mol. The number of hydrogen-bond donors (Lipinski definition) is 4. The van der Waals surface area contributed by atoms with Crippen molar-refractivity contribution in [3.63, 3.8) is 0 Å². The Hall–Kier alpha value is -5.63. The number of thioether (sulfide) groups is 1. The Balaban J connectivity index is 1.31. The van der Waals surface area contributed by atoms with E-state index < -0.39 is 90.3 Å². The number of Topliss-reactive ketones (excluding diaryl/α,β-unsaturated/α-hetero) is 1. The van der Waals surface area contributed by atoms with Crippen LogP contribution in [-0.2, 0) is 34.9 Å². The van der Waals surface area contributed by atoms with Crippen molar-refractivity contribution in [1.82, 2.24) is 30.4 Å². The lowest BCUT2D eigenvalue weighted by Crippen LogP contribution is -2.64. The summed E-state index contributed by atoms with van der Waals surface area (Å²) in [5.41, 5.74) is -1.12. The first-order valence-electron chi connectivity index (χ1n) is 16.5. The van der Waals surface area contributed by atoms with Gasteiger partial charge in [0.1, 0.15) is 18.1 Å². The molecule has 21 heteroatoms. The highest BCUT2D eigenvalue weighted by atomic mass is 35.5. The maximum absolute atomic E-state index is 13.9. The van der Waals surface area contributed by atoms with Crippen molar-refractivity contribution in [2.45, 2.75) is 61.3 Å². The number of nitrogens with one attached hydrogen (secondary N) is 2. The number of carboxylic acids is 2. The average Bonchev–Trinajstić information content (AvgIpc) is 3.54. The number of hydrogen-bond acceptors (Lipinski definition) is 10. The molecule has 2 aromatic carbocycles. The molecule has 16 nitrogen and oxygen atoms in total. The number of alkyl halides is 3. The number of nitrogens with zero attached hydrogens (tertiary/aromatic N) is 4. The Kier molecular flexibility index (Phi) is 12.7. The van der Waals surface area contributed by atoms with Gasteiger partial charge in [0.25, 0.3) is 11.8 Å². The number of carboxylic acid groups (broad SMARTS) is 2. The third-order valence-electron chi connectivity index (χ3n) is 8.43. The lowest BCUT2D eigenvalue weighted by Gasteiger charge is -2.43. The Bertz CT molecular complexity index is 1980. The summed E-state index contributed by atoms with van der Waals surface area (Å²) >= 11 is 6.92. The number of amides is 4. The Morgan fingerprint density at radius 2 is 1.69 bits per heavy atom. The largest absolute Gasteiger partial charge is 0.481 e. The average molecular weight is 809 g/mol. The number of benzene rings is 2. The second-order valence-electron chi connectivity index (χ2n) is 12.3. The van der Waals surface area contributed by atoms with Crippen molar-refractivity contribution < 1.29 is 61.7 Å². The van der Waals surface area contributed by atoms with E-state index in [1.54, 1.807) is 0 Å². The molecule has 3 heterocycles. The fourth-order valence-electron chi connectivity index (χ4n) is 5.80. The summed E-state index contributed by atoms with van der Waals surface area (Å²) in [4.78, 5) is 90.4. The van der Waals surface area contributed by atoms with Crippen LogP contribution in [0.15, 0.2) is 59.5 Å². The molecule has 2 saturated heterocycles. The van der Waals surface area contributed by atoms with Crippen molar-refractivity contribution in [3.05, 3.63) is 70.9 Å². The molecule has 4 amide bonds. The molecule has 2 aliphatic rings. The number of ketones is 1. The minimum atomic E-state index is -4.89. The normalized spacial score (nSPS) is 17.8. The number of rotatable bonds is 14. The van der Waals surface area contributed by atoms with Gasteiger partial charge >= 0.3 is 18.1 Å². The van der Waals surface area contributed by atoms with Crippen molar-refractivity contribution >= 4 is 64.7 Å². The topological polar surface area (TPSA) is 218 Å². The fourth-order valence-corrected chi connectivity index (χ4v) is 6.55. The second-order valence-corrected chi connectivity index (χ2v) is 13.8. The van der Waals surface area contributed by atoms with E-state index in [0.29, 0.717) is 11.0 Å². The van der Waals surface area contributed by atoms with Crippen molar-refractivity contribution in [2.24, 2.45) is 0 Å². The molecule has 0 saturated carbocycles. The van der Waals surface area contributed by atoms with E-state index in [9.17, 15) is 51.8 Å². The van der Waals surface area contributed by atoms with Crippen LogP contribution in [0.25, 0.3) is 5.69 Å². The third-order valence-corrected chi connectivity index (χ3v) is 9.68. The lowest BCUT2D eigenvalue weighted by molar-refractivity contribution is -0.176. The number of hydrazine groups is 1. The van der Waals surface area contributed by atoms with Crippen LogP contribution < -0.4 is 15.4 Å². The van der Waals surface area contributed by atoms with Gasteiger partial charge in [0.2, 0.25) is 17.7 Å². The quantitative estimate of drug-likeness (QED) is 0.173. The van der Waals surface area contributed by atoms with E-state index >= 15 is 0 Å². The van der Waals surface area contributed by atoms with E-state index in [4.69, 9.17) is 21.4 Å². The van der Waals surface area contributed by atoms with Gasteiger partial charge in [-0.3, -0.25) is 38.6 Å². The predicted octanol–water partition coefficient (Wildman–Crippen LogP) is 2.96. The number of fused-ring (bicyclic) bond motifs is 1. The first-order chi connectivity index (χ1) is 26.0. The molecule has 55 heavy (non-hydrogen) atoms. The molecule has 2 aliphatic heterocycles. The van der Waals surface area contributed by atoms with Gasteiger partial charge in [0.05, 0.1) is 17.9 Å². The maximum atomic E-state index is 13.9. The van der Waals surface area contributed by atoms with Crippen LogP contribution in [0.4, 0.5) is 13.2 Å². The van der Waals surface area contributed by atoms with Gasteiger partial charge in [-0.05, 0) is 67.8 Å². The summed E-state index contributed by atoms with van der Waals surface area (Å²) < 4.78 is 46.8. The molecule has 0 bridgehead atoms. The van der Waals surface area contributed by atoms with Gasteiger partial charge in [-0.15, -0.1) is 11.8 Å². The van der Waals surface area contributed by atoms with E-state index in [2.05, 4.69) is 15.7 Å². The lowest BCUT2D eigenvalue weighted by atomic mass is 10.0. The summed E-state index contributed by atoms with van der Waals surface area (Å²) in [6, 6.07) is 7.45. The Morgan fingerprint density at radius 1 is 1.00 bits per heavy atom. The number of ether oxygens (including phenoxy) is 1. The molecule has 3 atom stereocenters. The van der Waals surface area contributed by atoms with Crippen LogP contribution in [0.5, 0.6) is 5.88 Å². The summed E-state index contributed by atoms with van der Waals surface area (Å²) in [5.74, 6) is -7.33. The highest BCUT2D eigenvalue weighted by Gasteiger charge is 2.45. The van der Waals surface area contributed by atoms with Gasteiger partial charge in [0.15, 0.2) is 18.1 Å². The van der Waals surface area contributed by atoms with Gasteiger partial charge < -0.3 is 25.6 Å². The monoisotopic (exact) mass is 808 g/mol. The Labute approximate surface area is 318 Å². The van der Waals surface area contributed by atoms with Crippen LogP contribution in [0.1, 0.15) is 48.2 Å². The van der Waals surface area contributed by atoms with Gasteiger partial charge in [-0.25, -0.2) is 9.69 Å². The molecule has 2 fully saturated rings. The zero-order valence-corrected chi connectivity index (χ0v) is 30.0. The van der Waals surface area contributed by atoms with E-state index in [1.807, 2.05) is 0 Å². The molecule has 1 aromatic heterocycles. The highest BCUT2D eigenvalue weighted by molar-refractivity contribution is 8.00. The van der Waals surface area contributed by atoms with E-state index in [1.165, 1.54) is 48.5 Å². The highest BCUT2D eigenvalue weighted by Crippen LogP contribution is 2.33. The van der Waals surface area contributed by atoms with Crippen LogP contribution in [0.2, 0.25) is 5.02 Å². The van der Waals surface area contributed by atoms with E-state index in [0.717, 1.165) is 26.5 Å². The van der Waals surface area contributed by atoms with Crippen LogP contribution in [-0.4, -0.2) is 108 Å². The maximum Gasteiger partial charge on any atom is 0.435 e. The number of aromatic nitrogens is 2. The smallest absolute Gasteiger partial charge is 0.435 e. The van der Waals surface area contributed by atoms with Gasteiger partial charge in [-0.1, -0.05) is 11.6 Å². The first-order valence-corrected chi connectivity index (χ1v) is 17.9. The molecule has 3 aromatic rings. The SMILES string of the molecule is O=C(O)CSc1ccc(C(=O)N[C@H]2CCC(=O)N3CCC[C@@H](C(=O)N[C@@H](CC(=O)O)C(=O)COc4cc(C(F)(F)F)nn4-c4ccc(Cl)cc4)N3C2=O)cc1. The van der Waals surface area contributed by atoms with Crippen LogP contribution in [0, 0.1) is 0 Å². The van der Waals surface area contributed by atoms with Crippen molar-refractivity contribution in [3.8, 4) is 11.6 Å². The fraction of sp³-hybridized carbons (Fsp3) is 0.353. The van der Waals surface area contributed by atoms with E-state index in [-0.39, 0.29) is 54.3 Å². The molecule has 0 unspecified atom stereocenters. The zero-order valence-electron chi connectivity index (χ0n) is 28.5. The summed E-state index contributed by atoms with van der Waals surface area (Å²) in [7, 11) is 0. The molecular weight excluding hydrogens is 777 g/mol. The molecule has 0 radical (unpaired) electrons. The summed E-state index contributed by atoms with van der Waals surface area (Å²) in [6.07, 6.45) is -5.91. The molecule has 0 aliphatic carbocycles. The summed E-state index contributed by atoms with van der Waals surface area (Å²) in [6.45, 7) is -0.947. The first kappa shape index (κ1) is 40.6. The molecule has 0 spiro atoms. The molecule has 4 N–H and O–H groups in total. The Morgan fingerprint density at radius 3 is 2.33 bits per heavy atom. The standard InChI is InChI=1S/C34H32ClF3N6O10S/c35-19-5-7-20(8-6-19)43-28(15-26(41-43)34(36,37)38)54-16-25(45)23(14-29(47)48)40-32(52)24-2-1-13-42-27(46)12-11-22(33(53)44(24)42)39-31(51)18-3-9-21(10-4-18)55-17-30(49)50/h3-10,15,22-24H,1-2,11-14,16-17H2,(H,39,51)(H,40,52)(H,47,48)(H,49,50)/t22-,23-,24-/m0/s1. The zero-order chi connectivity index (χ0) is 40.0. The van der Waals surface area contributed by atoms with Crippen LogP contribution >= 0.6 is 23.4 Å². The summed E-state index contributed by atoms with van der Waals surface area (Å²) in [5, 5.41) is 29.1. The van der Waals surface area contributed by atoms with Crippen LogP contribution in [0.3, 0.4) is 0 Å². The molecular formula is C34H32ClF3N6O10S. The third kappa shape index (κ3) is 10.1.